The Bertz CT molecular complexity index is 735. The summed E-state index contributed by atoms with van der Waals surface area (Å²) in [5, 5.41) is 0. The number of fused-ring (bicyclic) bond motifs is 1. The summed E-state index contributed by atoms with van der Waals surface area (Å²) >= 11 is 0. The molecular weight excluding hydrogens is 275 g/mol. The van der Waals surface area contributed by atoms with Crippen LogP contribution in [0.3, 0.4) is 0 Å². The van der Waals surface area contributed by atoms with Crippen LogP contribution in [0.25, 0.3) is 0 Å². The second kappa shape index (κ2) is 4.92. The average molecular weight is 288 g/mol. The first-order valence-electron chi connectivity index (χ1n) is 6.23. The molecule has 1 N–H and O–H groups in total. The molecule has 0 amide bonds. The summed E-state index contributed by atoms with van der Waals surface area (Å²) in [5.74, 6) is 0. The van der Waals surface area contributed by atoms with E-state index in [1.165, 1.54) is 24.5 Å². The van der Waals surface area contributed by atoms with Crippen LogP contribution in [-0.2, 0) is 21.3 Å². The largest absolute Gasteiger partial charge is 0.427 e. The third-order valence-electron chi connectivity index (χ3n) is 3.28. The average Bonchev–Trinajstić information content (AvgIpc) is 2.81. The molecule has 0 spiro atoms. The molecule has 20 heavy (non-hydrogen) atoms. The molecule has 1 aliphatic rings. The van der Waals surface area contributed by atoms with Crippen molar-refractivity contribution < 1.29 is 13.1 Å². The van der Waals surface area contributed by atoms with Gasteiger partial charge in [-0.25, -0.2) is 8.42 Å². The van der Waals surface area contributed by atoms with Gasteiger partial charge in [0, 0.05) is 18.1 Å². The molecule has 102 valence electrons. The molecule has 7 heteroatoms. The predicted molar refractivity (Wildman–Crippen MR) is 77.5 cm³/mol. The van der Waals surface area contributed by atoms with Crippen LogP contribution in [0.2, 0.25) is 6.82 Å². The molecule has 0 saturated carbocycles. The zero-order valence-electron chi connectivity index (χ0n) is 10.9. The molecule has 0 saturated heterocycles. The fourth-order valence-electron chi connectivity index (χ4n) is 2.20. The lowest BCUT2D eigenvalue weighted by Gasteiger charge is -2.09. The van der Waals surface area contributed by atoms with Gasteiger partial charge in [-0.2, -0.15) is 0 Å². The van der Waals surface area contributed by atoms with Gasteiger partial charge < -0.3 is 4.65 Å². The maximum atomic E-state index is 12.2. The minimum atomic E-state index is -3.58. The Morgan fingerprint density at radius 1 is 1.25 bits per heavy atom. The second-order valence-corrected chi connectivity index (χ2v) is 6.34. The van der Waals surface area contributed by atoms with Gasteiger partial charge in [-0.05, 0) is 35.3 Å². The van der Waals surface area contributed by atoms with E-state index < -0.39 is 10.0 Å². The fraction of sp³-hybridized carbons (Fsp3) is 0.154. The molecule has 1 aromatic carbocycles. The molecule has 1 aliphatic heterocycles. The van der Waals surface area contributed by atoms with E-state index in [0.29, 0.717) is 12.3 Å². The van der Waals surface area contributed by atoms with E-state index >= 15 is 0 Å². The topological polar surface area (TPSA) is 68.3 Å². The molecule has 5 nitrogen and oxygen atoms in total. The third kappa shape index (κ3) is 2.42. The molecule has 0 bridgehead atoms. The highest BCUT2D eigenvalue weighted by Crippen LogP contribution is 2.18. The molecule has 0 radical (unpaired) electrons. The predicted octanol–water partition coefficient (Wildman–Crippen LogP) is 1.24. The van der Waals surface area contributed by atoms with Crippen LogP contribution in [0.4, 0.5) is 5.69 Å². The van der Waals surface area contributed by atoms with Crippen LogP contribution in [0.1, 0.15) is 5.56 Å². The van der Waals surface area contributed by atoms with Crippen molar-refractivity contribution in [3.05, 3.63) is 48.3 Å². The minimum absolute atomic E-state index is 0.00428. The van der Waals surface area contributed by atoms with E-state index in [9.17, 15) is 8.42 Å². The Morgan fingerprint density at radius 2 is 2.00 bits per heavy atom. The van der Waals surface area contributed by atoms with Crippen molar-refractivity contribution in [1.29, 1.82) is 0 Å². The summed E-state index contributed by atoms with van der Waals surface area (Å²) in [6, 6.07) is 8.39. The molecule has 0 unspecified atom stereocenters. The Kier molecular flexibility index (Phi) is 3.23. The summed E-state index contributed by atoms with van der Waals surface area (Å²) in [7, 11) is -3.58. The summed E-state index contributed by atoms with van der Waals surface area (Å²) in [6.45, 7) is 2.52. The van der Waals surface area contributed by atoms with Crippen molar-refractivity contribution in [3.8, 4) is 0 Å². The van der Waals surface area contributed by atoms with Gasteiger partial charge in [0.1, 0.15) is 0 Å². The van der Waals surface area contributed by atoms with E-state index in [2.05, 4.69) is 9.71 Å². The highest BCUT2D eigenvalue weighted by molar-refractivity contribution is 7.92. The SMILES string of the molecule is CB1OCc2ccc(NS(=O)(=O)c3ccncc3)cc21. The van der Waals surface area contributed by atoms with Crippen LogP contribution >= 0.6 is 0 Å². The number of hydrogen-bond donors (Lipinski definition) is 1. The van der Waals surface area contributed by atoms with Crippen molar-refractivity contribution >= 4 is 28.1 Å². The van der Waals surface area contributed by atoms with Gasteiger partial charge in [0.15, 0.2) is 0 Å². The lowest BCUT2D eigenvalue weighted by molar-refractivity contribution is 0.333. The van der Waals surface area contributed by atoms with Gasteiger partial charge in [-0.1, -0.05) is 12.9 Å². The maximum Gasteiger partial charge on any atom is 0.324 e. The van der Waals surface area contributed by atoms with Crippen LogP contribution < -0.4 is 10.2 Å². The molecule has 0 fully saturated rings. The molecular formula is C13H13BN2O3S. The number of sulfonamides is 1. The Hall–Kier alpha value is -1.86. The summed E-state index contributed by atoms with van der Waals surface area (Å²) in [4.78, 5) is 4.01. The number of nitrogens with one attached hydrogen (secondary N) is 1. The molecule has 2 heterocycles. The van der Waals surface area contributed by atoms with Gasteiger partial charge in [0.25, 0.3) is 10.0 Å². The number of aromatic nitrogens is 1. The monoisotopic (exact) mass is 288 g/mol. The van der Waals surface area contributed by atoms with Crippen molar-refractivity contribution in [1.82, 2.24) is 4.98 Å². The zero-order valence-corrected chi connectivity index (χ0v) is 11.7. The van der Waals surface area contributed by atoms with Gasteiger partial charge in [-0.3, -0.25) is 9.71 Å². The number of nitrogens with zero attached hydrogens (tertiary/aromatic N) is 1. The molecule has 0 aliphatic carbocycles. The quantitative estimate of drug-likeness (QED) is 0.863. The number of rotatable bonds is 3. The van der Waals surface area contributed by atoms with E-state index in [1.54, 1.807) is 6.07 Å². The fourth-order valence-corrected chi connectivity index (χ4v) is 3.24. The molecule has 1 aromatic heterocycles. The lowest BCUT2D eigenvalue weighted by Crippen LogP contribution is -2.25. The Balaban J connectivity index is 1.91. The number of anilines is 1. The smallest absolute Gasteiger partial charge is 0.324 e. The van der Waals surface area contributed by atoms with Crippen LogP contribution in [0.15, 0.2) is 47.6 Å². The first-order chi connectivity index (χ1) is 9.56. The van der Waals surface area contributed by atoms with Crippen molar-refractivity contribution in [3.63, 3.8) is 0 Å². The first kappa shape index (κ1) is 13.1. The van der Waals surface area contributed by atoms with E-state index in [0.717, 1.165) is 11.0 Å². The summed E-state index contributed by atoms with van der Waals surface area (Å²) in [5.41, 5.74) is 2.67. The van der Waals surface area contributed by atoms with Crippen LogP contribution in [0.5, 0.6) is 0 Å². The second-order valence-electron chi connectivity index (χ2n) is 4.66. The van der Waals surface area contributed by atoms with E-state index in [-0.39, 0.29) is 11.8 Å². The minimum Gasteiger partial charge on any atom is -0.427 e. The maximum absolute atomic E-state index is 12.2. The van der Waals surface area contributed by atoms with Crippen molar-refractivity contribution in [2.75, 3.05) is 4.72 Å². The van der Waals surface area contributed by atoms with E-state index in [4.69, 9.17) is 4.65 Å². The zero-order chi connectivity index (χ0) is 14.2. The summed E-state index contributed by atoms with van der Waals surface area (Å²) < 4.78 is 32.5. The highest BCUT2D eigenvalue weighted by Gasteiger charge is 2.24. The number of hydrogen-bond acceptors (Lipinski definition) is 4. The first-order valence-corrected chi connectivity index (χ1v) is 7.72. The Morgan fingerprint density at radius 3 is 2.75 bits per heavy atom. The number of benzene rings is 1. The van der Waals surface area contributed by atoms with Gasteiger partial charge in [0.2, 0.25) is 0 Å². The van der Waals surface area contributed by atoms with Gasteiger partial charge >= 0.3 is 6.92 Å². The van der Waals surface area contributed by atoms with Crippen LogP contribution in [0, 0.1) is 0 Å². The van der Waals surface area contributed by atoms with Crippen molar-refractivity contribution in [2.24, 2.45) is 0 Å². The standard InChI is InChI=1S/C13H13BN2O3S/c1-14-13-8-11(3-2-10(13)9-19-14)16-20(17,18)12-4-6-15-7-5-12/h2-8,16H,9H2,1H3. The van der Waals surface area contributed by atoms with Gasteiger partial charge in [0.05, 0.1) is 11.5 Å². The van der Waals surface area contributed by atoms with Gasteiger partial charge in [-0.15, -0.1) is 0 Å². The lowest BCUT2D eigenvalue weighted by atomic mass is 9.64. The summed E-state index contributed by atoms with van der Waals surface area (Å²) in [6.07, 6.45) is 2.90. The molecule has 3 rings (SSSR count). The van der Waals surface area contributed by atoms with Crippen molar-refractivity contribution in [2.45, 2.75) is 18.3 Å². The molecule has 2 aromatic rings. The molecule has 0 atom stereocenters. The normalized spacial score (nSPS) is 14.2. The highest BCUT2D eigenvalue weighted by atomic mass is 32.2. The van der Waals surface area contributed by atoms with Crippen LogP contribution in [-0.4, -0.2) is 20.3 Å². The third-order valence-corrected chi connectivity index (χ3v) is 4.68. The van der Waals surface area contributed by atoms with E-state index in [1.807, 2.05) is 19.0 Å². The number of pyridine rings is 1. The Labute approximate surface area is 118 Å².